The van der Waals surface area contributed by atoms with Crippen LogP contribution < -0.4 is 5.73 Å². The highest BCUT2D eigenvalue weighted by Crippen LogP contribution is 2.29. The van der Waals surface area contributed by atoms with Gasteiger partial charge in [0.15, 0.2) is 5.82 Å². The Morgan fingerprint density at radius 2 is 2.00 bits per heavy atom. The minimum absolute atomic E-state index is 0.168. The summed E-state index contributed by atoms with van der Waals surface area (Å²) in [5, 5.41) is 18.8. The van der Waals surface area contributed by atoms with Gasteiger partial charge in [0.25, 0.3) is 5.69 Å². The van der Waals surface area contributed by atoms with Crippen molar-refractivity contribution in [3.63, 3.8) is 0 Å². The van der Waals surface area contributed by atoms with E-state index in [0.29, 0.717) is 17.2 Å². The maximum Gasteiger partial charge on any atom is 0.273 e. The summed E-state index contributed by atoms with van der Waals surface area (Å²) < 4.78 is 15.4. The maximum atomic E-state index is 13.6. The molecule has 0 saturated carbocycles. The average molecular weight is 293 g/mol. The van der Waals surface area contributed by atoms with Crippen LogP contribution in [0, 0.1) is 15.9 Å². The molecule has 0 saturated heterocycles. The van der Waals surface area contributed by atoms with Gasteiger partial charge in [0, 0.05) is 17.2 Å². The first-order valence-corrected chi connectivity index (χ1v) is 6.34. The van der Waals surface area contributed by atoms with Crippen LogP contribution in [0.5, 0.6) is 0 Å². The Labute approximate surface area is 120 Å². The van der Waals surface area contributed by atoms with E-state index in [1.54, 1.807) is 4.57 Å². The number of nitrogens with zero attached hydrogens (tertiary/aromatic N) is 4. The highest BCUT2D eigenvalue weighted by molar-refractivity contribution is 5.60. The summed E-state index contributed by atoms with van der Waals surface area (Å²) in [5.74, 6) is 0.187. The van der Waals surface area contributed by atoms with Crippen molar-refractivity contribution in [2.45, 2.75) is 32.9 Å². The van der Waals surface area contributed by atoms with Gasteiger partial charge in [0.1, 0.15) is 11.6 Å². The van der Waals surface area contributed by atoms with Crippen molar-refractivity contribution in [3.8, 4) is 11.4 Å². The topological polar surface area (TPSA) is 99.9 Å². The Balaban J connectivity index is 2.68. The van der Waals surface area contributed by atoms with Crippen molar-refractivity contribution in [2.24, 2.45) is 5.73 Å². The summed E-state index contributed by atoms with van der Waals surface area (Å²) in [6.07, 6.45) is 0. The van der Waals surface area contributed by atoms with Crippen molar-refractivity contribution < 1.29 is 9.31 Å². The van der Waals surface area contributed by atoms with Crippen molar-refractivity contribution in [3.05, 3.63) is 40.0 Å². The van der Waals surface area contributed by atoms with E-state index >= 15 is 0 Å². The molecule has 8 heteroatoms. The Morgan fingerprint density at radius 1 is 1.33 bits per heavy atom. The van der Waals surface area contributed by atoms with Crippen molar-refractivity contribution in [2.75, 3.05) is 0 Å². The number of benzene rings is 1. The third-order valence-electron chi connectivity index (χ3n) is 2.94. The monoisotopic (exact) mass is 293 g/mol. The van der Waals surface area contributed by atoms with E-state index in [9.17, 15) is 14.5 Å². The Morgan fingerprint density at radius 3 is 2.52 bits per heavy atom. The molecule has 0 spiro atoms. The molecule has 2 rings (SSSR count). The Bertz CT molecular complexity index is 690. The molecule has 2 N–H and O–H groups in total. The number of hydrogen-bond acceptors (Lipinski definition) is 5. The summed E-state index contributed by atoms with van der Waals surface area (Å²) in [6, 6.07) is 3.33. The molecule has 1 aromatic carbocycles. The van der Waals surface area contributed by atoms with Gasteiger partial charge in [-0.3, -0.25) is 10.1 Å². The average Bonchev–Trinajstić information content (AvgIpc) is 2.81. The number of nitro groups is 1. The zero-order valence-corrected chi connectivity index (χ0v) is 12.0. The Kier molecular flexibility index (Phi) is 3.73. The van der Waals surface area contributed by atoms with Gasteiger partial charge in [0.05, 0.1) is 17.5 Å². The van der Waals surface area contributed by atoms with Gasteiger partial charge in [0.2, 0.25) is 0 Å². The first-order valence-electron chi connectivity index (χ1n) is 6.34. The number of nitro benzene ring substituents is 1. The number of halogens is 1. The minimum atomic E-state index is -0.697. The predicted molar refractivity (Wildman–Crippen MR) is 75.0 cm³/mol. The SMILES string of the molecule is CC(C)(C)n1c(CN)nnc1-c1cc(F)cc([N+](=O)[O-])c1. The zero-order valence-electron chi connectivity index (χ0n) is 12.0. The third kappa shape index (κ3) is 2.89. The number of hydrogen-bond donors (Lipinski definition) is 1. The molecular weight excluding hydrogens is 277 g/mol. The lowest BCUT2D eigenvalue weighted by Gasteiger charge is -2.24. The summed E-state index contributed by atoms with van der Waals surface area (Å²) >= 11 is 0. The predicted octanol–water partition coefficient (Wildman–Crippen LogP) is 2.21. The molecule has 0 unspecified atom stereocenters. The molecule has 0 aliphatic rings. The molecule has 1 aromatic heterocycles. The van der Waals surface area contributed by atoms with Crippen molar-refractivity contribution in [1.29, 1.82) is 0 Å². The van der Waals surface area contributed by atoms with E-state index in [0.717, 1.165) is 6.07 Å². The van der Waals surface area contributed by atoms with Gasteiger partial charge < -0.3 is 10.3 Å². The molecule has 2 aromatic rings. The minimum Gasteiger partial charge on any atom is -0.324 e. The van der Waals surface area contributed by atoms with E-state index in [-0.39, 0.29) is 12.2 Å². The second-order valence-corrected chi connectivity index (χ2v) is 5.61. The summed E-state index contributed by atoms with van der Waals surface area (Å²) in [6.45, 7) is 5.94. The largest absolute Gasteiger partial charge is 0.324 e. The van der Waals surface area contributed by atoms with E-state index in [1.807, 2.05) is 20.8 Å². The number of nitrogens with two attached hydrogens (primary N) is 1. The molecule has 0 atom stereocenters. The van der Waals surface area contributed by atoms with Gasteiger partial charge in [-0.15, -0.1) is 10.2 Å². The maximum absolute atomic E-state index is 13.6. The fraction of sp³-hybridized carbons (Fsp3) is 0.385. The highest BCUT2D eigenvalue weighted by atomic mass is 19.1. The summed E-state index contributed by atoms with van der Waals surface area (Å²) in [5.41, 5.74) is 5.21. The molecule has 21 heavy (non-hydrogen) atoms. The number of aromatic nitrogens is 3. The van der Waals surface area contributed by atoms with Gasteiger partial charge in [-0.1, -0.05) is 0 Å². The van der Waals surface area contributed by atoms with Gasteiger partial charge in [-0.25, -0.2) is 4.39 Å². The van der Waals surface area contributed by atoms with Crippen LogP contribution in [0.2, 0.25) is 0 Å². The fourth-order valence-corrected chi connectivity index (χ4v) is 2.15. The quantitative estimate of drug-likeness (QED) is 0.690. The smallest absolute Gasteiger partial charge is 0.273 e. The molecule has 0 bridgehead atoms. The standard InChI is InChI=1S/C13H16FN5O2/c1-13(2,3)18-11(7-15)16-17-12(18)8-4-9(14)6-10(5-8)19(20)21/h4-6H,7,15H2,1-3H3. The molecule has 0 aliphatic carbocycles. The van der Waals surface area contributed by atoms with Crippen LogP contribution in [-0.4, -0.2) is 19.7 Å². The van der Waals surface area contributed by atoms with E-state index in [1.165, 1.54) is 12.1 Å². The number of rotatable bonds is 3. The highest BCUT2D eigenvalue weighted by Gasteiger charge is 2.24. The molecule has 0 fully saturated rings. The second-order valence-electron chi connectivity index (χ2n) is 5.61. The molecular formula is C13H16FN5O2. The molecule has 0 radical (unpaired) electrons. The molecule has 112 valence electrons. The van der Waals surface area contributed by atoms with Crippen LogP contribution >= 0.6 is 0 Å². The van der Waals surface area contributed by atoms with Crippen LogP contribution in [0.3, 0.4) is 0 Å². The fourth-order valence-electron chi connectivity index (χ4n) is 2.15. The second kappa shape index (κ2) is 5.21. The lowest BCUT2D eigenvalue weighted by molar-refractivity contribution is -0.385. The Hall–Kier alpha value is -2.35. The van der Waals surface area contributed by atoms with Crippen molar-refractivity contribution >= 4 is 5.69 Å². The molecule has 0 aliphatic heterocycles. The van der Waals surface area contributed by atoms with Crippen molar-refractivity contribution in [1.82, 2.24) is 14.8 Å². The lowest BCUT2D eigenvalue weighted by Crippen LogP contribution is -2.26. The third-order valence-corrected chi connectivity index (χ3v) is 2.94. The summed E-state index contributed by atoms with van der Waals surface area (Å²) in [4.78, 5) is 10.2. The van der Waals surface area contributed by atoms with Gasteiger partial charge in [-0.2, -0.15) is 0 Å². The molecule has 7 nitrogen and oxygen atoms in total. The van der Waals surface area contributed by atoms with Crippen LogP contribution in [0.25, 0.3) is 11.4 Å². The van der Waals surface area contributed by atoms with Gasteiger partial charge >= 0.3 is 0 Å². The first-order chi connectivity index (χ1) is 9.74. The normalized spacial score (nSPS) is 11.7. The van der Waals surface area contributed by atoms with Crippen LogP contribution in [0.1, 0.15) is 26.6 Å². The first kappa shape index (κ1) is 15.0. The molecule has 0 amide bonds. The van der Waals surface area contributed by atoms with Gasteiger partial charge in [-0.05, 0) is 26.8 Å². The summed E-state index contributed by atoms with van der Waals surface area (Å²) in [7, 11) is 0. The van der Waals surface area contributed by atoms with Crippen LogP contribution in [-0.2, 0) is 12.1 Å². The van der Waals surface area contributed by atoms with E-state index in [2.05, 4.69) is 10.2 Å². The zero-order chi connectivity index (χ0) is 15.8. The van der Waals surface area contributed by atoms with Crippen LogP contribution in [0.4, 0.5) is 10.1 Å². The van der Waals surface area contributed by atoms with E-state index in [4.69, 9.17) is 5.73 Å². The van der Waals surface area contributed by atoms with Crippen LogP contribution in [0.15, 0.2) is 18.2 Å². The number of non-ortho nitro benzene ring substituents is 1. The lowest BCUT2D eigenvalue weighted by atomic mass is 10.1. The molecule has 1 heterocycles. The van der Waals surface area contributed by atoms with E-state index < -0.39 is 16.3 Å².